The molecular formula is C19H19N3O4S. The van der Waals surface area contributed by atoms with Crippen LogP contribution in [0.25, 0.3) is 0 Å². The Morgan fingerprint density at radius 2 is 1.78 bits per heavy atom. The quantitative estimate of drug-likeness (QED) is 0.368. The predicted molar refractivity (Wildman–Crippen MR) is 104 cm³/mol. The van der Waals surface area contributed by atoms with Crippen LogP contribution in [0.5, 0.6) is 0 Å². The molecule has 0 atom stereocenters. The molecule has 1 amide bonds. The van der Waals surface area contributed by atoms with Gasteiger partial charge in [-0.25, -0.2) is 0 Å². The lowest BCUT2D eigenvalue weighted by Crippen LogP contribution is -2.46. The van der Waals surface area contributed by atoms with Crippen LogP contribution in [0.15, 0.2) is 47.4 Å². The molecule has 1 saturated heterocycles. The van der Waals surface area contributed by atoms with E-state index in [4.69, 9.17) is 0 Å². The maximum atomic E-state index is 13.0. The van der Waals surface area contributed by atoms with Crippen molar-refractivity contribution in [2.45, 2.75) is 4.90 Å². The van der Waals surface area contributed by atoms with E-state index in [-0.39, 0.29) is 22.7 Å². The minimum absolute atomic E-state index is 0.112. The highest BCUT2D eigenvalue weighted by Gasteiger charge is 2.25. The highest BCUT2D eigenvalue weighted by atomic mass is 32.2. The summed E-state index contributed by atoms with van der Waals surface area (Å²) in [5, 5.41) is 14.5. The lowest BCUT2D eigenvalue weighted by molar-refractivity contribution is -0.387. The van der Waals surface area contributed by atoms with Crippen LogP contribution in [0.4, 0.5) is 5.69 Å². The molecule has 0 bridgehead atoms. The number of carbonyl (C=O) groups is 2. The van der Waals surface area contributed by atoms with E-state index in [1.165, 1.54) is 17.8 Å². The third-order valence-electron chi connectivity index (χ3n) is 4.44. The molecule has 0 saturated carbocycles. The van der Waals surface area contributed by atoms with Crippen LogP contribution in [0.3, 0.4) is 0 Å². The molecule has 1 aliphatic rings. The van der Waals surface area contributed by atoms with Crippen molar-refractivity contribution in [1.82, 2.24) is 10.2 Å². The molecular weight excluding hydrogens is 366 g/mol. The molecule has 1 heterocycles. The smallest absolute Gasteiger partial charge is 0.283 e. The topological polar surface area (TPSA) is 92.6 Å². The van der Waals surface area contributed by atoms with Gasteiger partial charge in [0.25, 0.3) is 11.6 Å². The average molecular weight is 385 g/mol. The molecule has 1 fully saturated rings. The summed E-state index contributed by atoms with van der Waals surface area (Å²) in [6.45, 7) is 2.58. The summed E-state index contributed by atoms with van der Waals surface area (Å²) in [6.07, 6.45) is 1.74. The third kappa shape index (κ3) is 4.01. The molecule has 2 aromatic carbocycles. The van der Waals surface area contributed by atoms with E-state index in [0.29, 0.717) is 36.6 Å². The van der Waals surface area contributed by atoms with Gasteiger partial charge in [0.15, 0.2) is 5.78 Å². The highest BCUT2D eigenvalue weighted by molar-refractivity contribution is 7.98. The van der Waals surface area contributed by atoms with E-state index in [9.17, 15) is 19.7 Å². The van der Waals surface area contributed by atoms with Gasteiger partial charge in [0.1, 0.15) is 0 Å². The van der Waals surface area contributed by atoms with Crippen molar-refractivity contribution in [2.75, 3.05) is 32.4 Å². The third-order valence-corrected chi connectivity index (χ3v) is 5.23. The van der Waals surface area contributed by atoms with Gasteiger partial charge < -0.3 is 10.2 Å². The first-order chi connectivity index (χ1) is 13.0. The Labute approximate surface area is 160 Å². The number of carbonyl (C=O) groups excluding carboxylic acids is 2. The Balaban J connectivity index is 1.97. The zero-order valence-electron chi connectivity index (χ0n) is 14.8. The molecule has 0 aliphatic carbocycles. The van der Waals surface area contributed by atoms with Crippen molar-refractivity contribution in [3.05, 3.63) is 69.3 Å². The SMILES string of the molecule is CSc1ccc(C(=O)c2ccccc2C(=O)N2CCNCC2)cc1[N+](=O)[O-]. The monoisotopic (exact) mass is 385 g/mol. The van der Waals surface area contributed by atoms with Crippen LogP contribution in [0.2, 0.25) is 0 Å². The van der Waals surface area contributed by atoms with Crippen LogP contribution in [-0.2, 0) is 0 Å². The van der Waals surface area contributed by atoms with Crippen molar-refractivity contribution < 1.29 is 14.5 Å². The number of amides is 1. The van der Waals surface area contributed by atoms with Crippen molar-refractivity contribution in [2.24, 2.45) is 0 Å². The Bertz CT molecular complexity index is 894. The van der Waals surface area contributed by atoms with E-state index in [1.54, 1.807) is 47.6 Å². The molecule has 7 nitrogen and oxygen atoms in total. The Morgan fingerprint density at radius 1 is 1.11 bits per heavy atom. The molecule has 27 heavy (non-hydrogen) atoms. The number of thioether (sulfide) groups is 1. The molecule has 0 aromatic heterocycles. The fourth-order valence-electron chi connectivity index (χ4n) is 3.04. The second kappa shape index (κ2) is 8.32. The maximum Gasteiger partial charge on any atom is 0.283 e. The fraction of sp³-hybridized carbons (Fsp3) is 0.263. The Hall–Kier alpha value is -2.71. The number of nitrogens with zero attached hydrogens (tertiary/aromatic N) is 2. The Kier molecular flexibility index (Phi) is 5.88. The summed E-state index contributed by atoms with van der Waals surface area (Å²) < 4.78 is 0. The minimum Gasteiger partial charge on any atom is -0.336 e. The first kappa shape index (κ1) is 19.1. The van der Waals surface area contributed by atoms with Crippen molar-refractivity contribution >= 4 is 29.1 Å². The summed E-state index contributed by atoms with van der Waals surface area (Å²) in [7, 11) is 0. The normalized spacial score (nSPS) is 14.0. The lowest BCUT2D eigenvalue weighted by atomic mass is 9.97. The van der Waals surface area contributed by atoms with Crippen LogP contribution < -0.4 is 5.32 Å². The number of ketones is 1. The molecule has 2 aromatic rings. The van der Waals surface area contributed by atoms with Crippen molar-refractivity contribution in [3.63, 3.8) is 0 Å². The predicted octanol–water partition coefficient (Wildman–Crippen LogP) is 2.59. The van der Waals surface area contributed by atoms with Crippen LogP contribution in [-0.4, -0.2) is 53.9 Å². The van der Waals surface area contributed by atoms with Gasteiger partial charge in [-0.3, -0.25) is 19.7 Å². The average Bonchev–Trinajstić information content (AvgIpc) is 2.72. The summed E-state index contributed by atoms with van der Waals surface area (Å²) in [4.78, 5) is 38.9. The molecule has 8 heteroatoms. The standard InChI is InChI=1S/C19H19N3O4S/c1-27-17-7-6-13(12-16(17)22(25)26)18(23)14-4-2-3-5-15(14)19(24)21-10-8-20-9-11-21/h2-7,12,20H,8-11H2,1H3. The van der Waals surface area contributed by atoms with Crippen molar-refractivity contribution in [3.8, 4) is 0 Å². The van der Waals surface area contributed by atoms with E-state index >= 15 is 0 Å². The van der Waals surface area contributed by atoms with Gasteiger partial charge >= 0.3 is 0 Å². The first-order valence-electron chi connectivity index (χ1n) is 8.49. The van der Waals surface area contributed by atoms with Gasteiger partial charge in [-0.15, -0.1) is 11.8 Å². The number of nitro benzene ring substituents is 1. The number of piperazine rings is 1. The summed E-state index contributed by atoms with van der Waals surface area (Å²) in [5.41, 5.74) is 0.660. The maximum absolute atomic E-state index is 13.0. The molecule has 1 N–H and O–H groups in total. The number of benzene rings is 2. The fourth-order valence-corrected chi connectivity index (χ4v) is 3.58. The van der Waals surface area contributed by atoms with Gasteiger partial charge in [-0.2, -0.15) is 0 Å². The minimum atomic E-state index is -0.500. The number of nitrogens with one attached hydrogen (secondary N) is 1. The number of hydrogen-bond donors (Lipinski definition) is 1. The van der Waals surface area contributed by atoms with Gasteiger partial charge in [0.2, 0.25) is 0 Å². The second-order valence-electron chi connectivity index (χ2n) is 6.06. The van der Waals surface area contributed by atoms with Gasteiger partial charge in [0.05, 0.1) is 15.4 Å². The van der Waals surface area contributed by atoms with Gasteiger partial charge in [-0.05, 0) is 24.5 Å². The van der Waals surface area contributed by atoms with E-state index in [1.807, 2.05) is 0 Å². The summed E-state index contributed by atoms with van der Waals surface area (Å²) >= 11 is 1.25. The Morgan fingerprint density at radius 3 is 2.41 bits per heavy atom. The molecule has 0 radical (unpaired) electrons. The lowest BCUT2D eigenvalue weighted by Gasteiger charge is -2.28. The molecule has 3 rings (SSSR count). The van der Waals surface area contributed by atoms with Crippen LogP contribution in [0.1, 0.15) is 26.3 Å². The van der Waals surface area contributed by atoms with E-state index < -0.39 is 10.7 Å². The van der Waals surface area contributed by atoms with E-state index in [2.05, 4.69) is 5.32 Å². The molecule has 0 spiro atoms. The highest BCUT2D eigenvalue weighted by Crippen LogP contribution is 2.29. The van der Waals surface area contributed by atoms with Crippen LogP contribution >= 0.6 is 11.8 Å². The zero-order valence-corrected chi connectivity index (χ0v) is 15.6. The zero-order chi connectivity index (χ0) is 19.4. The molecule has 1 aliphatic heterocycles. The number of nitro groups is 1. The first-order valence-corrected chi connectivity index (χ1v) is 9.71. The van der Waals surface area contributed by atoms with Crippen LogP contribution in [0, 0.1) is 10.1 Å². The summed E-state index contributed by atoms with van der Waals surface area (Å²) in [5.74, 6) is -0.597. The van der Waals surface area contributed by atoms with Gasteiger partial charge in [-0.1, -0.05) is 18.2 Å². The number of hydrogen-bond acceptors (Lipinski definition) is 6. The van der Waals surface area contributed by atoms with Gasteiger partial charge in [0, 0.05) is 43.4 Å². The molecule has 140 valence electrons. The number of rotatable bonds is 5. The van der Waals surface area contributed by atoms with E-state index in [0.717, 1.165) is 0 Å². The second-order valence-corrected chi connectivity index (χ2v) is 6.91. The molecule has 0 unspecified atom stereocenters. The summed E-state index contributed by atoms with van der Waals surface area (Å²) in [6, 6.07) is 11.0. The van der Waals surface area contributed by atoms with Crippen molar-refractivity contribution in [1.29, 1.82) is 0 Å². The largest absolute Gasteiger partial charge is 0.336 e.